The van der Waals surface area contributed by atoms with Crippen molar-refractivity contribution in [1.29, 1.82) is 0 Å². The lowest BCUT2D eigenvalue weighted by atomic mass is 10.1. The minimum absolute atomic E-state index is 0.0306. The number of amides is 2. The molecule has 2 amide bonds. The van der Waals surface area contributed by atoms with Crippen molar-refractivity contribution in [1.82, 2.24) is 9.62 Å². The number of sulfonamides is 1. The van der Waals surface area contributed by atoms with Gasteiger partial charge in [0.25, 0.3) is 0 Å². The zero-order valence-corrected chi connectivity index (χ0v) is 18.6. The fourth-order valence-corrected chi connectivity index (χ4v) is 6.82. The van der Waals surface area contributed by atoms with E-state index in [2.05, 4.69) is 16.0 Å². The lowest BCUT2D eigenvalue weighted by Crippen LogP contribution is -2.54. The van der Waals surface area contributed by atoms with Crippen molar-refractivity contribution < 1.29 is 18.3 Å². The summed E-state index contributed by atoms with van der Waals surface area (Å²) >= 11 is 6.22. The van der Waals surface area contributed by atoms with E-state index in [1.54, 1.807) is 12.1 Å². The molecule has 0 spiro atoms. The Morgan fingerprint density at radius 3 is 2.45 bits per heavy atom. The van der Waals surface area contributed by atoms with Gasteiger partial charge in [0.05, 0.1) is 10.7 Å². The number of anilines is 2. The quantitative estimate of drug-likeness (QED) is 0.507. The first kappa shape index (κ1) is 21.9. The van der Waals surface area contributed by atoms with Crippen LogP contribution in [0, 0.1) is 0 Å². The molecule has 2 heterocycles. The number of phenols is 1. The van der Waals surface area contributed by atoms with Crippen molar-refractivity contribution in [3.63, 3.8) is 0 Å². The highest BCUT2D eigenvalue weighted by Crippen LogP contribution is 2.42. The fraction of sp³-hybridized carbons (Fsp3) is 0.381. The van der Waals surface area contributed by atoms with Gasteiger partial charge in [-0.15, -0.1) is 0 Å². The molecule has 0 unspecified atom stereocenters. The molecule has 0 saturated carbocycles. The number of urea groups is 1. The molecule has 2 aliphatic heterocycles. The number of aromatic hydroxyl groups is 1. The first-order chi connectivity index (χ1) is 14.8. The molecule has 2 saturated heterocycles. The van der Waals surface area contributed by atoms with Crippen LogP contribution in [0.1, 0.15) is 25.3 Å². The summed E-state index contributed by atoms with van der Waals surface area (Å²) in [6.07, 6.45) is 2.25. The average molecular weight is 465 g/mol. The summed E-state index contributed by atoms with van der Waals surface area (Å²) in [6.45, 7) is 3.10. The minimum atomic E-state index is -4.05. The van der Waals surface area contributed by atoms with Crippen LogP contribution in [0.4, 0.5) is 16.2 Å². The molecule has 2 aromatic carbocycles. The third kappa shape index (κ3) is 4.10. The molecular weight excluding hydrogens is 440 g/mol. The molecule has 10 heteroatoms. The van der Waals surface area contributed by atoms with E-state index in [9.17, 15) is 18.3 Å². The number of carbonyl (C=O) groups excluding carboxylic acids is 1. The van der Waals surface area contributed by atoms with Crippen molar-refractivity contribution in [2.75, 3.05) is 23.7 Å². The monoisotopic (exact) mass is 464 g/mol. The zero-order chi connectivity index (χ0) is 22.2. The number of para-hydroxylation sites is 1. The number of hydrogen-bond donors (Lipinski definition) is 4. The number of hydrogen-bond acceptors (Lipinski definition) is 5. The lowest BCUT2D eigenvalue weighted by Gasteiger charge is -2.34. The number of fused-ring (bicyclic) bond motifs is 2. The second kappa shape index (κ2) is 8.66. The first-order valence-electron chi connectivity index (χ1n) is 10.2. The van der Waals surface area contributed by atoms with Gasteiger partial charge in [-0.1, -0.05) is 36.7 Å². The van der Waals surface area contributed by atoms with Crippen LogP contribution in [0.25, 0.3) is 0 Å². The molecule has 31 heavy (non-hydrogen) atoms. The lowest BCUT2D eigenvalue weighted by molar-refractivity contribution is 0.261. The molecule has 0 aliphatic carbocycles. The Hall–Kier alpha value is -2.33. The van der Waals surface area contributed by atoms with Crippen LogP contribution in [-0.2, 0) is 16.4 Å². The SMILES string of the molecule is CCc1ccccc1NC(=O)Nc1ccc(Cl)c(S(=O)(=O)N2[C@H]3CC[C@H]2CNC3)c1O. The third-order valence-electron chi connectivity index (χ3n) is 5.83. The van der Waals surface area contributed by atoms with Crippen LogP contribution in [-0.4, -0.2) is 49.0 Å². The van der Waals surface area contributed by atoms with Gasteiger partial charge < -0.3 is 21.1 Å². The van der Waals surface area contributed by atoms with E-state index < -0.39 is 21.8 Å². The number of piperazine rings is 1. The Labute approximate surface area is 186 Å². The molecule has 4 N–H and O–H groups in total. The van der Waals surface area contributed by atoms with Crippen LogP contribution in [0.3, 0.4) is 0 Å². The highest BCUT2D eigenvalue weighted by atomic mass is 35.5. The maximum atomic E-state index is 13.4. The summed E-state index contributed by atoms with van der Waals surface area (Å²) in [7, 11) is -4.05. The van der Waals surface area contributed by atoms with Gasteiger partial charge in [-0.05, 0) is 43.0 Å². The molecule has 2 aliphatic rings. The summed E-state index contributed by atoms with van der Waals surface area (Å²) in [4.78, 5) is 12.2. The standard InChI is InChI=1S/C21H25ClN4O4S/c1-2-13-5-3-4-6-17(13)24-21(28)25-18-10-9-16(22)20(19(18)27)31(29,30)26-14-7-8-15(26)12-23-11-14/h3-6,9-10,14-15,23,27H,2,7-8,11-12H2,1H3,(H2,24,25,28)/t14-,15-/m0/s1. The van der Waals surface area contributed by atoms with E-state index in [0.717, 1.165) is 24.8 Å². The van der Waals surface area contributed by atoms with E-state index >= 15 is 0 Å². The van der Waals surface area contributed by atoms with E-state index in [-0.39, 0.29) is 27.7 Å². The number of rotatable bonds is 5. The van der Waals surface area contributed by atoms with E-state index in [1.165, 1.54) is 16.4 Å². The number of nitrogens with zero attached hydrogens (tertiary/aromatic N) is 1. The van der Waals surface area contributed by atoms with E-state index in [0.29, 0.717) is 18.8 Å². The number of phenolic OH excluding ortho intramolecular Hbond substituents is 1. The zero-order valence-electron chi connectivity index (χ0n) is 17.1. The summed E-state index contributed by atoms with van der Waals surface area (Å²) in [5.41, 5.74) is 1.56. The number of aryl methyl sites for hydroxylation is 1. The first-order valence-corrected chi connectivity index (χ1v) is 12.1. The van der Waals surface area contributed by atoms with Crippen LogP contribution < -0.4 is 16.0 Å². The van der Waals surface area contributed by atoms with Crippen molar-refractivity contribution >= 4 is 39.0 Å². The van der Waals surface area contributed by atoms with Crippen molar-refractivity contribution in [2.24, 2.45) is 0 Å². The molecule has 2 atom stereocenters. The van der Waals surface area contributed by atoms with Gasteiger partial charge in [0, 0.05) is 30.9 Å². The Balaban J connectivity index is 1.61. The van der Waals surface area contributed by atoms with Gasteiger partial charge in [0.1, 0.15) is 4.90 Å². The summed E-state index contributed by atoms with van der Waals surface area (Å²) < 4.78 is 28.3. The second-order valence-electron chi connectivity index (χ2n) is 7.74. The van der Waals surface area contributed by atoms with Gasteiger partial charge in [-0.25, -0.2) is 13.2 Å². The molecule has 4 rings (SSSR count). The summed E-state index contributed by atoms with van der Waals surface area (Å²) in [6, 6.07) is 9.17. The van der Waals surface area contributed by atoms with Crippen LogP contribution in [0.15, 0.2) is 41.3 Å². The fourth-order valence-electron chi connectivity index (χ4n) is 4.36. The number of carbonyl (C=O) groups is 1. The number of halogens is 1. The van der Waals surface area contributed by atoms with Gasteiger partial charge in [-0.3, -0.25) is 0 Å². The molecule has 2 bridgehead atoms. The van der Waals surface area contributed by atoms with E-state index in [4.69, 9.17) is 11.6 Å². The molecule has 8 nitrogen and oxygen atoms in total. The van der Waals surface area contributed by atoms with Crippen LogP contribution >= 0.6 is 11.6 Å². The maximum Gasteiger partial charge on any atom is 0.323 e. The van der Waals surface area contributed by atoms with Crippen LogP contribution in [0.2, 0.25) is 5.02 Å². The second-order valence-corrected chi connectivity index (χ2v) is 9.93. The summed E-state index contributed by atoms with van der Waals surface area (Å²) in [5.74, 6) is -0.565. The Morgan fingerprint density at radius 2 is 1.77 bits per heavy atom. The molecule has 2 aromatic rings. The Kier molecular flexibility index (Phi) is 6.11. The molecule has 0 radical (unpaired) electrons. The number of nitrogens with one attached hydrogen (secondary N) is 3. The highest BCUT2D eigenvalue weighted by molar-refractivity contribution is 7.89. The minimum Gasteiger partial charge on any atom is -0.504 e. The maximum absolute atomic E-state index is 13.4. The Bertz CT molecular complexity index is 1090. The predicted octanol–water partition coefficient (Wildman–Crippen LogP) is 3.38. The average Bonchev–Trinajstić information content (AvgIpc) is 3.01. The van der Waals surface area contributed by atoms with Crippen molar-refractivity contribution in [3.8, 4) is 5.75 Å². The molecule has 0 aromatic heterocycles. The topological polar surface area (TPSA) is 111 Å². The number of benzene rings is 2. The van der Waals surface area contributed by atoms with Crippen molar-refractivity contribution in [2.45, 2.75) is 43.2 Å². The summed E-state index contributed by atoms with van der Waals surface area (Å²) in [5, 5.41) is 19.2. The smallest absolute Gasteiger partial charge is 0.323 e. The third-order valence-corrected chi connectivity index (χ3v) is 8.33. The van der Waals surface area contributed by atoms with Gasteiger partial charge in [0.15, 0.2) is 5.75 Å². The van der Waals surface area contributed by atoms with Crippen molar-refractivity contribution in [3.05, 3.63) is 47.0 Å². The highest BCUT2D eigenvalue weighted by Gasteiger charge is 2.46. The Morgan fingerprint density at radius 1 is 1.13 bits per heavy atom. The van der Waals surface area contributed by atoms with Crippen LogP contribution in [0.5, 0.6) is 5.75 Å². The largest absolute Gasteiger partial charge is 0.504 e. The normalized spacial score (nSPS) is 21.1. The van der Waals surface area contributed by atoms with Gasteiger partial charge in [-0.2, -0.15) is 4.31 Å². The van der Waals surface area contributed by atoms with Gasteiger partial charge >= 0.3 is 6.03 Å². The van der Waals surface area contributed by atoms with Gasteiger partial charge in [0.2, 0.25) is 10.0 Å². The molecule has 2 fully saturated rings. The molecule has 166 valence electrons. The predicted molar refractivity (Wildman–Crippen MR) is 120 cm³/mol. The molecular formula is C21H25ClN4O4S. The van der Waals surface area contributed by atoms with E-state index in [1.807, 2.05) is 19.1 Å².